The third-order valence-corrected chi connectivity index (χ3v) is 5.35. The number of carbonyl (C=O) groups excluding carboxylic acids is 1. The van der Waals surface area contributed by atoms with Crippen LogP contribution in [0.15, 0.2) is 55.9 Å². The molecule has 1 aromatic carbocycles. The normalized spacial score (nSPS) is 10.8. The molecule has 0 spiro atoms. The van der Waals surface area contributed by atoms with Gasteiger partial charge in [-0.15, -0.1) is 21.5 Å². The molecule has 1 amide bonds. The average Bonchev–Trinajstić information content (AvgIpc) is 3.24. The summed E-state index contributed by atoms with van der Waals surface area (Å²) in [6, 6.07) is 11.6. The van der Waals surface area contributed by atoms with Crippen LogP contribution in [0.3, 0.4) is 0 Å². The predicted molar refractivity (Wildman–Crippen MR) is 99.0 cm³/mol. The molecule has 24 heavy (non-hydrogen) atoms. The summed E-state index contributed by atoms with van der Waals surface area (Å²) in [4.78, 5) is 15.0. The maximum absolute atomic E-state index is 12.2. The fourth-order valence-corrected chi connectivity index (χ4v) is 3.82. The highest BCUT2D eigenvalue weighted by Crippen LogP contribution is 2.25. The standard InChI is InChI=1S/C16H14BrN3O2S2/c1-20(9-13-6-3-7-23-13)14(21)10-24-16-19-18-15(22-16)11-4-2-5-12(17)8-11/h2-8H,9-10H2,1H3. The van der Waals surface area contributed by atoms with Crippen molar-refractivity contribution in [1.29, 1.82) is 0 Å². The van der Waals surface area contributed by atoms with Crippen molar-refractivity contribution in [2.24, 2.45) is 0 Å². The van der Waals surface area contributed by atoms with Crippen molar-refractivity contribution >= 4 is 44.9 Å². The van der Waals surface area contributed by atoms with Crippen LogP contribution >= 0.6 is 39.0 Å². The second-order valence-corrected chi connectivity index (χ2v) is 7.88. The predicted octanol–water partition coefficient (Wildman–Crippen LogP) is 4.31. The van der Waals surface area contributed by atoms with Crippen molar-refractivity contribution in [3.05, 3.63) is 51.1 Å². The first-order valence-electron chi connectivity index (χ1n) is 7.10. The van der Waals surface area contributed by atoms with Crippen molar-refractivity contribution in [3.63, 3.8) is 0 Å². The summed E-state index contributed by atoms with van der Waals surface area (Å²) in [6.07, 6.45) is 0. The van der Waals surface area contributed by atoms with Crippen molar-refractivity contribution in [2.45, 2.75) is 11.8 Å². The van der Waals surface area contributed by atoms with E-state index in [1.165, 1.54) is 11.8 Å². The molecule has 0 fully saturated rings. The first-order chi connectivity index (χ1) is 11.6. The Morgan fingerprint density at radius 3 is 2.96 bits per heavy atom. The lowest BCUT2D eigenvalue weighted by Gasteiger charge is -2.15. The van der Waals surface area contributed by atoms with Crippen LogP contribution in [-0.4, -0.2) is 33.8 Å². The third kappa shape index (κ3) is 4.46. The fourth-order valence-electron chi connectivity index (χ4n) is 1.96. The highest BCUT2D eigenvalue weighted by atomic mass is 79.9. The number of nitrogens with zero attached hydrogens (tertiary/aromatic N) is 3. The smallest absolute Gasteiger partial charge is 0.277 e. The van der Waals surface area contributed by atoms with E-state index >= 15 is 0 Å². The van der Waals surface area contributed by atoms with Gasteiger partial charge in [0.15, 0.2) is 0 Å². The van der Waals surface area contributed by atoms with Crippen LogP contribution in [0.5, 0.6) is 0 Å². The Bertz CT molecular complexity index is 820. The number of aromatic nitrogens is 2. The molecule has 0 saturated heterocycles. The molecule has 8 heteroatoms. The number of halogens is 1. The first kappa shape index (κ1) is 17.2. The molecule has 3 aromatic rings. The maximum atomic E-state index is 12.2. The number of amides is 1. The van der Waals surface area contributed by atoms with E-state index in [0.29, 0.717) is 17.7 Å². The van der Waals surface area contributed by atoms with Gasteiger partial charge >= 0.3 is 0 Å². The molecule has 0 N–H and O–H groups in total. The Morgan fingerprint density at radius 1 is 1.33 bits per heavy atom. The topological polar surface area (TPSA) is 59.2 Å². The lowest BCUT2D eigenvalue weighted by molar-refractivity contribution is -0.127. The summed E-state index contributed by atoms with van der Waals surface area (Å²) in [5, 5.41) is 10.4. The van der Waals surface area contributed by atoms with Gasteiger partial charge in [0.05, 0.1) is 12.3 Å². The minimum Gasteiger partial charge on any atom is -0.411 e. The van der Waals surface area contributed by atoms with E-state index in [4.69, 9.17) is 4.42 Å². The quantitative estimate of drug-likeness (QED) is 0.552. The van der Waals surface area contributed by atoms with Gasteiger partial charge in [-0.25, -0.2) is 0 Å². The fraction of sp³-hybridized carbons (Fsp3) is 0.188. The monoisotopic (exact) mass is 423 g/mol. The van der Waals surface area contributed by atoms with Gasteiger partial charge in [0, 0.05) is 22.0 Å². The summed E-state index contributed by atoms with van der Waals surface area (Å²) in [6.45, 7) is 0.615. The van der Waals surface area contributed by atoms with Crippen LogP contribution in [0, 0.1) is 0 Å². The Balaban J connectivity index is 1.56. The zero-order chi connectivity index (χ0) is 16.9. The molecular weight excluding hydrogens is 410 g/mol. The average molecular weight is 424 g/mol. The van der Waals surface area contributed by atoms with E-state index in [9.17, 15) is 4.79 Å². The molecule has 2 aromatic heterocycles. The highest BCUT2D eigenvalue weighted by Gasteiger charge is 2.14. The van der Waals surface area contributed by atoms with Gasteiger partial charge in [-0.1, -0.05) is 39.8 Å². The third-order valence-electron chi connectivity index (χ3n) is 3.20. The molecule has 5 nitrogen and oxygen atoms in total. The van der Waals surface area contributed by atoms with E-state index in [1.807, 2.05) is 41.8 Å². The van der Waals surface area contributed by atoms with Crippen LogP contribution in [0.1, 0.15) is 4.88 Å². The largest absolute Gasteiger partial charge is 0.411 e. The summed E-state index contributed by atoms with van der Waals surface area (Å²) < 4.78 is 6.55. The molecule has 2 heterocycles. The van der Waals surface area contributed by atoms with Crippen molar-refractivity contribution in [2.75, 3.05) is 12.8 Å². The number of carbonyl (C=O) groups is 1. The van der Waals surface area contributed by atoms with E-state index in [1.54, 1.807) is 23.3 Å². The summed E-state index contributed by atoms with van der Waals surface area (Å²) in [7, 11) is 1.79. The zero-order valence-corrected chi connectivity index (χ0v) is 16.0. The van der Waals surface area contributed by atoms with E-state index in [0.717, 1.165) is 14.9 Å². The number of thioether (sulfide) groups is 1. The van der Waals surface area contributed by atoms with Crippen LogP contribution < -0.4 is 0 Å². The molecule has 0 aliphatic rings. The lowest BCUT2D eigenvalue weighted by Crippen LogP contribution is -2.27. The molecule has 0 atom stereocenters. The summed E-state index contributed by atoms with van der Waals surface area (Å²) in [5.41, 5.74) is 0.838. The number of benzene rings is 1. The number of rotatable bonds is 6. The lowest BCUT2D eigenvalue weighted by atomic mass is 10.2. The zero-order valence-electron chi connectivity index (χ0n) is 12.8. The molecule has 0 aliphatic heterocycles. The van der Waals surface area contributed by atoms with Crippen LogP contribution in [0.4, 0.5) is 0 Å². The summed E-state index contributed by atoms with van der Waals surface area (Å²) >= 11 is 6.30. The van der Waals surface area contributed by atoms with Gasteiger partial charge in [-0.3, -0.25) is 4.79 Å². The van der Waals surface area contributed by atoms with E-state index in [-0.39, 0.29) is 11.7 Å². The Morgan fingerprint density at radius 2 is 2.21 bits per heavy atom. The van der Waals surface area contributed by atoms with Gasteiger partial charge < -0.3 is 9.32 Å². The van der Waals surface area contributed by atoms with Crippen molar-refractivity contribution < 1.29 is 9.21 Å². The second kappa shape index (κ2) is 7.96. The summed E-state index contributed by atoms with van der Waals surface area (Å²) in [5.74, 6) is 0.732. The Labute approximate surface area is 156 Å². The molecule has 0 unspecified atom stereocenters. The van der Waals surface area contributed by atoms with E-state index in [2.05, 4.69) is 26.1 Å². The van der Waals surface area contributed by atoms with Gasteiger partial charge in [0.25, 0.3) is 5.22 Å². The highest BCUT2D eigenvalue weighted by molar-refractivity contribution is 9.10. The molecule has 0 bridgehead atoms. The molecule has 0 radical (unpaired) electrons. The minimum atomic E-state index is 0.0237. The molecule has 0 saturated carbocycles. The SMILES string of the molecule is CN(Cc1cccs1)C(=O)CSc1nnc(-c2cccc(Br)c2)o1. The second-order valence-electron chi connectivity index (χ2n) is 5.00. The molecular formula is C16H14BrN3O2S2. The van der Waals surface area contributed by atoms with Gasteiger partial charge in [0.1, 0.15) is 0 Å². The molecule has 3 rings (SSSR count). The first-order valence-corrected chi connectivity index (χ1v) is 9.76. The van der Waals surface area contributed by atoms with Crippen LogP contribution in [-0.2, 0) is 11.3 Å². The van der Waals surface area contributed by atoms with Crippen molar-refractivity contribution in [1.82, 2.24) is 15.1 Å². The number of hydrogen-bond acceptors (Lipinski definition) is 6. The molecule has 124 valence electrons. The maximum Gasteiger partial charge on any atom is 0.277 e. The van der Waals surface area contributed by atoms with Gasteiger partial charge in [-0.05, 0) is 29.6 Å². The Kier molecular flexibility index (Phi) is 5.70. The minimum absolute atomic E-state index is 0.0237. The number of hydrogen-bond donors (Lipinski definition) is 0. The van der Waals surface area contributed by atoms with Crippen LogP contribution in [0.25, 0.3) is 11.5 Å². The molecule has 0 aliphatic carbocycles. The van der Waals surface area contributed by atoms with Crippen LogP contribution in [0.2, 0.25) is 0 Å². The van der Waals surface area contributed by atoms with Crippen molar-refractivity contribution in [3.8, 4) is 11.5 Å². The number of thiophene rings is 1. The Hall–Kier alpha value is -1.64. The van der Waals surface area contributed by atoms with Gasteiger partial charge in [0.2, 0.25) is 11.8 Å². The van der Waals surface area contributed by atoms with Gasteiger partial charge in [-0.2, -0.15) is 0 Å². The van der Waals surface area contributed by atoms with E-state index < -0.39 is 0 Å².